The summed E-state index contributed by atoms with van der Waals surface area (Å²) < 4.78 is 10.5. The van der Waals surface area contributed by atoms with Gasteiger partial charge >= 0.3 is 0 Å². The van der Waals surface area contributed by atoms with Gasteiger partial charge in [0, 0.05) is 17.7 Å². The highest BCUT2D eigenvalue weighted by Crippen LogP contribution is 2.30. The van der Waals surface area contributed by atoms with Gasteiger partial charge in [0.15, 0.2) is 0 Å². The third-order valence-electron chi connectivity index (χ3n) is 3.34. The smallest absolute Gasteiger partial charge is 0.248 e. The number of amides is 1. The van der Waals surface area contributed by atoms with E-state index in [1.54, 1.807) is 44.6 Å². The van der Waals surface area contributed by atoms with Gasteiger partial charge in [0.05, 0.1) is 19.9 Å². The maximum absolute atomic E-state index is 12.1. The van der Waals surface area contributed by atoms with Crippen LogP contribution < -0.4 is 14.8 Å². The molecule has 0 aromatic heterocycles. The van der Waals surface area contributed by atoms with Crippen LogP contribution in [0.2, 0.25) is 0 Å². The number of phenolic OH excluding ortho intramolecular Hbond substituents is 1. The van der Waals surface area contributed by atoms with Gasteiger partial charge in [-0.1, -0.05) is 12.1 Å². The molecule has 0 saturated heterocycles. The molecular formula is C18H19NO4. The van der Waals surface area contributed by atoms with Gasteiger partial charge in [0.2, 0.25) is 5.91 Å². The molecule has 5 nitrogen and oxygen atoms in total. The van der Waals surface area contributed by atoms with Gasteiger partial charge in [0.25, 0.3) is 0 Å². The molecule has 0 aliphatic heterocycles. The molecule has 0 spiro atoms. The molecule has 2 aromatic rings. The Labute approximate surface area is 135 Å². The lowest BCUT2D eigenvalue weighted by Crippen LogP contribution is -2.08. The highest BCUT2D eigenvalue weighted by Gasteiger charge is 2.09. The number of allylic oxidation sites excluding steroid dienone is 1. The molecule has 0 aliphatic carbocycles. The molecule has 0 saturated carbocycles. The maximum atomic E-state index is 12.1. The topological polar surface area (TPSA) is 67.8 Å². The average molecular weight is 313 g/mol. The van der Waals surface area contributed by atoms with Crippen molar-refractivity contribution in [2.75, 3.05) is 19.5 Å². The first kappa shape index (κ1) is 16.4. The highest BCUT2D eigenvalue weighted by molar-refractivity contribution is 6.04. The van der Waals surface area contributed by atoms with Crippen LogP contribution in [0.1, 0.15) is 12.5 Å². The van der Waals surface area contributed by atoms with E-state index < -0.39 is 0 Å². The first-order valence-electron chi connectivity index (χ1n) is 7.05. The van der Waals surface area contributed by atoms with Crippen LogP contribution in [0.4, 0.5) is 5.69 Å². The Kier molecular flexibility index (Phi) is 5.25. The van der Waals surface area contributed by atoms with Crippen molar-refractivity contribution in [2.45, 2.75) is 6.92 Å². The Morgan fingerprint density at radius 2 is 1.87 bits per heavy atom. The summed E-state index contributed by atoms with van der Waals surface area (Å²) >= 11 is 0. The second-order valence-corrected chi connectivity index (χ2v) is 4.90. The molecular weight excluding hydrogens is 294 g/mol. The van der Waals surface area contributed by atoms with Crippen LogP contribution in [0.15, 0.2) is 48.5 Å². The van der Waals surface area contributed by atoms with E-state index in [0.29, 0.717) is 17.2 Å². The minimum Gasteiger partial charge on any atom is -0.506 e. The highest BCUT2D eigenvalue weighted by atomic mass is 16.5. The van der Waals surface area contributed by atoms with Crippen molar-refractivity contribution in [3.63, 3.8) is 0 Å². The lowest BCUT2D eigenvalue weighted by atomic mass is 10.1. The third-order valence-corrected chi connectivity index (χ3v) is 3.34. The van der Waals surface area contributed by atoms with Crippen LogP contribution in [-0.2, 0) is 4.79 Å². The Morgan fingerprint density at radius 3 is 2.52 bits per heavy atom. The van der Waals surface area contributed by atoms with Crippen molar-refractivity contribution in [3.05, 3.63) is 54.1 Å². The first-order chi connectivity index (χ1) is 11.0. The van der Waals surface area contributed by atoms with E-state index in [-0.39, 0.29) is 11.7 Å². The number of anilines is 1. The largest absolute Gasteiger partial charge is 0.506 e. The molecule has 120 valence electrons. The molecule has 0 heterocycles. The summed E-state index contributed by atoms with van der Waals surface area (Å²) in [6, 6.07) is 12.0. The number of benzene rings is 2. The fourth-order valence-corrected chi connectivity index (χ4v) is 2.15. The Balaban J connectivity index is 2.22. The number of carbonyl (C=O) groups is 1. The molecule has 1 amide bonds. The van der Waals surface area contributed by atoms with Crippen molar-refractivity contribution in [3.8, 4) is 17.2 Å². The van der Waals surface area contributed by atoms with Gasteiger partial charge in [0.1, 0.15) is 17.2 Å². The predicted molar refractivity (Wildman–Crippen MR) is 89.9 cm³/mol. The average Bonchev–Trinajstić information content (AvgIpc) is 2.56. The molecule has 23 heavy (non-hydrogen) atoms. The van der Waals surface area contributed by atoms with E-state index >= 15 is 0 Å². The lowest BCUT2D eigenvalue weighted by molar-refractivity contribution is -0.111. The van der Waals surface area contributed by atoms with Crippen molar-refractivity contribution in [1.82, 2.24) is 0 Å². The zero-order chi connectivity index (χ0) is 16.8. The summed E-state index contributed by atoms with van der Waals surface area (Å²) in [5, 5.41) is 12.3. The van der Waals surface area contributed by atoms with Crippen molar-refractivity contribution >= 4 is 17.2 Å². The molecule has 0 fully saturated rings. The van der Waals surface area contributed by atoms with Crippen LogP contribution in [0.25, 0.3) is 5.57 Å². The summed E-state index contributed by atoms with van der Waals surface area (Å²) in [7, 11) is 3.14. The minimum atomic E-state index is -0.332. The van der Waals surface area contributed by atoms with E-state index in [0.717, 1.165) is 11.1 Å². The van der Waals surface area contributed by atoms with Crippen LogP contribution in [0, 0.1) is 0 Å². The summed E-state index contributed by atoms with van der Waals surface area (Å²) in [5.41, 5.74) is 1.89. The molecule has 2 N–H and O–H groups in total. The maximum Gasteiger partial charge on any atom is 0.248 e. The molecule has 0 aliphatic rings. The quantitative estimate of drug-likeness (QED) is 0.655. The fourth-order valence-electron chi connectivity index (χ4n) is 2.15. The third kappa shape index (κ3) is 4.03. The normalized spacial score (nSPS) is 11.0. The summed E-state index contributed by atoms with van der Waals surface area (Å²) in [5.74, 6) is 0.987. The molecule has 0 radical (unpaired) electrons. The van der Waals surface area contributed by atoms with Gasteiger partial charge in [-0.2, -0.15) is 0 Å². The second kappa shape index (κ2) is 7.35. The van der Waals surface area contributed by atoms with E-state index in [1.807, 2.05) is 13.0 Å². The van der Waals surface area contributed by atoms with Gasteiger partial charge in [-0.05, 0) is 36.8 Å². The van der Waals surface area contributed by atoms with Crippen LogP contribution in [0.3, 0.4) is 0 Å². The first-order valence-corrected chi connectivity index (χ1v) is 7.05. The molecule has 2 aromatic carbocycles. The molecule has 0 atom stereocenters. The SMILES string of the molecule is COc1ccc(/C(C)=C/C(=O)Nc2ccccc2O)c(OC)c1. The number of hydrogen-bond donors (Lipinski definition) is 2. The Bertz CT molecular complexity index is 738. The van der Waals surface area contributed by atoms with Gasteiger partial charge in [-0.15, -0.1) is 0 Å². The molecule has 0 unspecified atom stereocenters. The van der Waals surface area contributed by atoms with Gasteiger partial charge in [-0.3, -0.25) is 4.79 Å². The number of hydrogen-bond acceptors (Lipinski definition) is 4. The van der Waals surface area contributed by atoms with E-state index in [9.17, 15) is 9.90 Å². The number of nitrogens with one attached hydrogen (secondary N) is 1. The molecule has 5 heteroatoms. The summed E-state index contributed by atoms with van der Waals surface area (Å²) in [4.78, 5) is 12.1. The Morgan fingerprint density at radius 1 is 1.13 bits per heavy atom. The van der Waals surface area contributed by atoms with Crippen molar-refractivity contribution < 1.29 is 19.4 Å². The van der Waals surface area contributed by atoms with E-state index in [4.69, 9.17) is 9.47 Å². The zero-order valence-corrected chi connectivity index (χ0v) is 13.3. The zero-order valence-electron chi connectivity index (χ0n) is 13.3. The van der Waals surface area contributed by atoms with Gasteiger partial charge < -0.3 is 19.9 Å². The van der Waals surface area contributed by atoms with Crippen molar-refractivity contribution in [2.24, 2.45) is 0 Å². The lowest BCUT2D eigenvalue weighted by Gasteiger charge is -2.11. The van der Waals surface area contributed by atoms with Gasteiger partial charge in [-0.25, -0.2) is 0 Å². The second-order valence-electron chi connectivity index (χ2n) is 4.90. The number of aromatic hydroxyl groups is 1. The van der Waals surface area contributed by atoms with Crippen LogP contribution in [-0.4, -0.2) is 25.2 Å². The van der Waals surface area contributed by atoms with Crippen LogP contribution in [0.5, 0.6) is 17.2 Å². The monoisotopic (exact) mass is 313 g/mol. The van der Waals surface area contributed by atoms with E-state index in [1.165, 1.54) is 12.1 Å². The van der Waals surface area contributed by atoms with Crippen LogP contribution >= 0.6 is 0 Å². The number of ether oxygens (including phenoxy) is 2. The van der Waals surface area contributed by atoms with E-state index in [2.05, 4.69) is 5.32 Å². The number of carbonyl (C=O) groups excluding carboxylic acids is 1. The number of para-hydroxylation sites is 2. The minimum absolute atomic E-state index is 0.0222. The van der Waals surface area contributed by atoms with Crippen molar-refractivity contribution in [1.29, 1.82) is 0 Å². The predicted octanol–water partition coefficient (Wildman–Crippen LogP) is 3.45. The molecule has 2 rings (SSSR count). The number of phenols is 1. The Hall–Kier alpha value is -2.95. The summed E-state index contributed by atoms with van der Waals surface area (Å²) in [6.07, 6.45) is 1.46. The number of methoxy groups -OCH3 is 2. The number of rotatable bonds is 5. The summed E-state index contributed by atoms with van der Waals surface area (Å²) in [6.45, 7) is 1.81. The molecule has 0 bridgehead atoms. The fraction of sp³-hybridized carbons (Fsp3) is 0.167. The standard InChI is InChI=1S/C18H19NO4/c1-12(14-9-8-13(22-2)11-17(14)23-3)10-18(21)19-15-6-4-5-7-16(15)20/h4-11,20H,1-3H3,(H,19,21)/b12-10+.